The minimum Gasteiger partial charge on any atom is -0.382 e. The van der Waals surface area contributed by atoms with Gasteiger partial charge < -0.3 is 14.4 Å². The smallest absolute Gasteiger partial charge is 0.293 e. The van der Waals surface area contributed by atoms with Crippen molar-refractivity contribution >= 4 is 22.7 Å². The third kappa shape index (κ3) is 5.98. The summed E-state index contributed by atoms with van der Waals surface area (Å²) in [5.41, 5.74) is 2.57. The molecule has 160 valence electrons. The molecule has 0 amide bonds. The molecule has 0 spiro atoms. The summed E-state index contributed by atoms with van der Waals surface area (Å²) in [5.74, 6) is 0. The predicted molar refractivity (Wildman–Crippen MR) is 118 cm³/mol. The molecule has 7 nitrogen and oxygen atoms in total. The molecule has 1 aromatic carbocycles. The molecule has 0 saturated carbocycles. The zero-order valence-corrected chi connectivity index (χ0v) is 18.8. The van der Waals surface area contributed by atoms with Crippen molar-refractivity contribution in [2.24, 2.45) is 0 Å². The van der Waals surface area contributed by atoms with Crippen LogP contribution in [0.2, 0.25) is 0 Å². The van der Waals surface area contributed by atoms with Gasteiger partial charge in [0.25, 0.3) is 5.69 Å². The molecule has 1 unspecified atom stereocenters. The first-order chi connectivity index (χ1) is 13.9. The Morgan fingerprint density at radius 3 is 2.52 bits per heavy atom. The van der Waals surface area contributed by atoms with Crippen LogP contribution in [-0.2, 0) is 15.9 Å². The maximum atomic E-state index is 11.4. The molecular weight excluding hydrogens is 390 g/mol. The summed E-state index contributed by atoms with van der Waals surface area (Å²) in [6.07, 6.45) is 3.15. The van der Waals surface area contributed by atoms with Gasteiger partial charge in [0.2, 0.25) is 0 Å². The molecule has 3 rings (SSSR count). The number of nitro benzene ring substituents is 1. The predicted octanol–water partition coefficient (Wildman–Crippen LogP) is 5.24. The van der Waals surface area contributed by atoms with Gasteiger partial charge in [-0.1, -0.05) is 0 Å². The van der Waals surface area contributed by atoms with Crippen LogP contribution < -0.4 is 4.90 Å². The van der Waals surface area contributed by atoms with Gasteiger partial charge in [-0.2, -0.15) is 0 Å². The zero-order valence-electron chi connectivity index (χ0n) is 17.9. The van der Waals surface area contributed by atoms with Crippen molar-refractivity contribution in [3.05, 3.63) is 38.9 Å². The molecule has 2 aromatic rings. The first kappa shape index (κ1) is 23.3. The Kier molecular flexibility index (Phi) is 9.00. The fraction of sp³-hybridized carbons (Fsp3) is 0.571. The lowest BCUT2D eigenvalue weighted by Crippen LogP contribution is -2.11. The number of aromatic nitrogens is 1. The maximum absolute atomic E-state index is 11.4. The van der Waals surface area contributed by atoms with Crippen molar-refractivity contribution in [1.29, 1.82) is 0 Å². The van der Waals surface area contributed by atoms with E-state index in [4.69, 9.17) is 14.5 Å². The van der Waals surface area contributed by atoms with Gasteiger partial charge in [0.15, 0.2) is 0 Å². The van der Waals surface area contributed by atoms with E-state index in [9.17, 15) is 10.1 Å². The second-order valence-electron chi connectivity index (χ2n) is 6.80. The van der Waals surface area contributed by atoms with Crippen molar-refractivity contribution in [2.75, 3.05) is 38.8 Å². The zero-order chi connectivity index (χ0) is 21.4. The van der Waals surface area contributed by atoms with E-state index in [1.807, 2.05) is 26.8 Å². The van der Waals surface area contributed by atoms with E-state index < -0.39 is 0 Å². The van der Waals surface area contributed by atoms with Crippen LogP contribution in [0.5, 0.6) is 0 Å². The van der Waals surface area contributed by atoms with Gasteiger partial charge >= 0.3 is 0 Å². The minimum absolute atomic E-state index is 0.104. The highest BCUT2D eigenvalue weighted by Crippen LogP contribution is 2.41. The number of hydrogen-bond donors (Lipinski definition) is 0. The summed E-state index contributed by atoms with van der Waals surface area (Å²) in [4.78, 5) is 18.7. The van der Waals surface area contributed by atoms with Crippen molar-refractivity contribution < 1.29 is 14.4 Å². The lowest BCUT2D eigenvalue weighted by Gasteiger charge is -2.20. The first-order valence-electron chi connectivity index (χ1n) is 10.1. The highest BCUT2D eigenvalue weighted by molar-refractivity contribution is 7.15. The molecule has 1 aliphatic rings. The van der Waals surface area contributed by atoms with E-state index in [0.717, 1.165) is 48.7 Å². The van der Waals surface area contributed by atoms with Crippen LogP contribution in [0.3, 0.4) is 0 Å². The van der Waals surface area contributed by atoms with E-state index in [1.54, 1.807) is 42.5 Å². The summed E-state index contributed by atoms with van der Waals surface area (Å²) < 4.78 is 10.7. The molecule has 0 N–H and O–H groups in total. The fourth-order valence-corrected chi connectivity index (χ4v) is 4.44. The van der Waals surface area contributed by atoms with Gasteiger partial charge in [-0.3, -0.25) is 10.1 Å². The number of hydrogen-bond acceptors (Lipinski definition) is 7. The summed E-state index contributed by atoms with van der Waals surface area (Å²) in [7, 11) is 3.60. The Balaban J connectivity index is 0.000000537. The molecule has 0 saturated heterocycles. The highest BCUT2D eigenvalue weighted by atomic mass is 32.1. The number of anilines is 1. The van der Waals surface area contributed by atoms with Gasteiger partial charge in [0.1, 0.15) is 10.7 Å². The van der Waals surface area contributed by atoms with E-state index >= 15 is 0 Å². The second kappa shape index (κ2) is 11.2. The molecule has 29 heavy (non-hydrogen) atoms. The first-order valence-corrected chi connectivity index (χ1v) is 10.9. The number of nitrogens with zero attached hydrogens (tertiary/aromatic N) is 3. The number of fused-ring (bicyclic) bond motifs is 1. The Hall–Kier alpha value is -2.03. The van der Waals surface area contributed by atoms with Gasteiger partial charge in [0.05, 0.1) is 21.6 Å². The lowest BCUT2D eigenvalue weighted by molar-refractivity contribution is -0.384. The fourth-order valence-electron chi connectivity index (χ4n) is 3.25. The molecule has 0 bridgehead atoms. The van der Waals surface area contributed by atoms with Crippen LogP contribution in [0.25, 0.3) is 10.6 Å². The van der Waals surface area contributed by atoms with E-state index in [-0.39, 0.29) is 16.7 Å². The van der Waals surface area contributed by atoms with Crippen LogP contribution in [0.4, 0.5) is 11.4 Å². The molecular formula is C21H31N3O4S. The summed E-state index contributed by atoms with van der Waals surface area (Å²) >= 11 is 1.60. The highest BCUT2D eigenvalue weighted by Gasteiger charge is 2.26. The number of ether oxygens (including phenoxy) is 2. The molecule has 0 radical (unpaired) electrons. The largest absolute Gasteiger partial charge is 0.382 e. The molecule has 0 fully saturated rings. The van der Waals surface area contributed by atoms with Crippen LogP contribution in [0, 0.1) is 10.1 Å². The molecule has 0 aliphatic heterocycles. The Morgan fingerprint density at radius 1 is 1.24 bits per heavy atom. The summed E-state index contributed by atoms with van der Waals surface area (Å²) in [6, 6.07) is 5.31. The summed E-state index contributed by atoms with van der Waals surface area (Å²) in [6.45, 7) is 8.35. The average Bonchev–Trinajstić information content (AvgIpc) is 3.14. The van der Waals surface area contributed by atoms with Gasteiger partial charge in [-0.05, 0) is 52.2 Å². The summed E-state index contributed by atoms with van der Waals surface area (Å²) in [5, 5.41) is 12.2. The Labute approximate surface area is 176 Å². The third-order valence-corrected chi connectivity index (χ3v) is 5.82. The van der Waals surface area contributed by atoms with Crippen molar-refractivity contribution in [1.82, 2.24) is 4.98 Å². The van der Waals surface area contributed by atoms with E-state index in [2.05, 4.69) is 0 Å². The van der Waals surface area contributed by atoms with Crippen LogP contribution >= 0.6 is 11.3 Å². The van der Waals surface area contributed by atoms with Crippen molar-refractivity contribution in [3.63, 3.8) is 0 Å². The maximum Gasteiger partial charge on any atom is 0.293 e. The van der Waals surface area contributed by atoms with Gasteiger partial charge in [0, 0.05) is 45.5 Å². The molecule has 1 heterocycles. The second-order valence-corrected chi connectivity index (χ2v) is 7.83. The Bertz CT molecular complexity index is 805. The average molecular weight is 422 g/mol. The molecule has 8 heteroatoms. The third-order valence-electron chi connectivity index (χ3n) is 4.58. The van der Waals surface area contributed by atoms with Crippen molar-refractivity contribution in [2.45, 2.75) is 46.1 Å². The Morgan fingerprint density at radius 2 is 1.97 bits per heavy atom. The van der Waals surface area contributed by atoms with E-state index in [1.165, 1.54) is 4.88 Å². The quantitative estimate of drug-likeness (QED) is 0.449. The SMILES string of the molecule is CCOC1CCCc2nc(-c3ccc(N(C)C)c([N+](=O)[O-])c3)sc21.CCOCC. The van der Waals surface area contributed by atoms with Crippen LogP contribution in [-0.4, -0.2) is 43.8 Å². The molecule has 1 aromatic heterocycles. The number of thiazole rings is 1. The monoisotopic (exact) mass is 421 g/mol. The normalized spacial score (nSPS) is 15.3. The molecule has 1 atom stereocenters. The number of rotatable bonds is 7. The topological polar surface area (TPSA) is 77.7 Å². The van der Waals surface area contributed by atoms with Crippen molar-refractivity contribution in [3.8, 4) is 10.6 Å². The minimum atomic E-state index is -0.338. The number of benzene rings is 1. The number of aryl methyl sites for hydroxylation is 1. The van der Waals surface area contributed by atoms with Gasteiger partial charge in [-0.25, -0.2) is 4.98 Å². The van der Waals surface area contributed by atoms with Crippen LogP contribution in [0.1, 0.15) is 50.3 Å². The standard InChI is InChI=1S/C17H21N3O3S.C4H10O/c1-4-23-15-7-5-6-12-16(15)24-17(18-12)11-8-9-13(19(2)3)14(10-11)20(21)22;1-3-5-4-2/h8-10,15H,4-7H2,1-3H3;3-4H2,1-2H3. The molecule has 1 aliphatic carbocycles. The van der Waals surface area contributed by atoms with Gasteiger partial charge in [-0.15, -0.1) is 11.3 Å². The van der Waals surface area contributed by atoms with Crippen LogP contribution in [0.15, 0.2) is 18.2 Å². The van der Waals surface area contributed by atoms with E-state index in [0.29, 0.717) is 12.3 Å². The lowest BCUT2D eigenvalue weighted by atomic mass is 10.0. The number of nitro groups is 1.